The molecule has 0 atom stereocenters. The molecule has 9 nitrogen and oxygen atoms in total. The molecule has 0 spiro atoms. The van der Waals surface area contributed by atoms with Crippen molar-refractivity contribution >= 4 is 27.8 Å². The van der Waals surface area contributed by atoms with E-state index in [4.69, 9.17) is 9.15 Å². The number of rotatable bonds is 9. The summed E-state index contributed by atoms with van der Waals surface area (Å²) in [5, 5.41) is 10.6. The first kappa shape index (κ1) is 21.9. The highest BCUT2D eigenvalue weighted by Crippen LogP contribution is 2.14. The Bertz CT molecular complexity index is 1170. The van der Waals surface area contributed by atoms with Gasteiger partial charge in [-0.15, -0.1) is 0 Å². The normalized spacial score (nSPS) is 11.5. The molecule has 1 N–H and O–H groups in total. The van der Waals surface area contributed by atoms with Gasteiger partial charge in [-0.25, -0.2) is 17.9 Å². The van der Waals surface area contributed by atoms with Gasteiger partial charge >= 0.3 is 5.97 Å². The molecule has 160 valence electrons. The minimum absolute atomic E-state index is 0.0281. The SMILES string of the molecule is O=C(/C=C/c1ccc(S(=O)(=O)NCc2ccco2)cc1)OCc1ccc([N+](=O)[O-])cc1. The van der Waals surface area contributed by atoms with E-state index in [0.717, 1.165) is 0 Å². The third kappa shape index (κ3) is 6.36. The molecule has 10 heteroatoms. The smallest absolute Gasteiger partial charge is 0.331 e. The van der Waals surface area contributed by atoms with Gasteiger partial charge in [-0.3, -0.25) is 10.1 Å². The van der Waals surface area contributed by atoms with Crippen molar-refractivity contribution in [2.45, 2.75) is 18.0 Å². The van der Waals surface area contributed by atoms with Gasteiger partial charge in [0.2, 0.25) is 10.0 Å². The van der Waals surface area contributed by atoms with Gasteiger partial charge in [-0.2, -0.15) is 0 Å². The minimum atomic E-state index is -3.70. The lowest BCUT2D eigenvalue weighted by Gasteiger charge is -2.05. The predicted molar refractivity (Wildman–Crippen MR) is 111 cm³/mol. The molecule has 0 aliphatic rings. The van der Waals surface area contributed by atoms with Crippen LogP contribution in [0.4, 0.5) is 5.69 Å². The van der Waals surface area contributed by atoms with Crippen molar-refractivity contribution in [1.82, 2.24) is 4.72 Å². The van der Waals surface area contributed by atoms with E-state index in [1.165, 1.54) is 54.8 Å². The van der Waals surface area contributed by atoms with Crippen molar-refractivity contribution in [2.75, 3.05) is 0 Å². The van der Waals surface area contributed by atoms with Crippen LogP contribution in [0.15, 0.2) is 82.3 Å². The molecule has 0 aliphatic carbocycles. The maximum atomic E-state index is 12.3. The molecule has 0 bridgehead atoms. The number of ether oxygens (including phenoxy) is 1. The van der Waals surface area contributed by atoms with Crippen molar-refractivity contribution < 1.29 is 27.3 Å². The van der Waals surface area contributed by atoms with Gasteiger partial charge in [0.15, 0.2) is 0 Å². The summed E-state index contributed by atoms with van der Waals surface area (Å²) >= 11 is 0. The van der Waals surface area contributed by atoms with Crippen LogP contribution in [0.2, 0.25) is 0 Å². The molecule has 31 heavy (non-hydrogen) atoms. The number of nitro groups is 1. The highest BCUT2D eigenvalue weighted by Gasteiger charge is 2.14. The van der Waals surface area contributed by atoms with Crippen LogP contribution >= 0.6 is 0 Å². The number of hydrogen-bond acceptors (Lipinski definition) is 7. The van der Waals surface area contributed by atoms with Crippen LogP contribution in [0.3, 0.4) is 0 Å². The van der Waals surface area contributed by atoms with Gasteiger partial charge in [-0.05, 0) is 53.6 Å². The molecular weight excluding hydrogens is 424 g/mol. The maximum absolute atomic E-state index is 12.3. The first-order valence-electron chi connectivity index (χ1n) is 9.04. The van der Waals surface area contributed by atoms with Gasteiger partial charge in [0.1, 0.15) is 12.4 Å². The molecule has 1 aromatic heterocycles. The molecule has 0 amide bonds. The highest BCUT2D eigenvalue weighted by molar-refractivity contribution is 7.89. The average Bonchev–Trinajstić information content (AvgIpc) is 3.29. The van der Waals surface area contributed by atoms with Crippen molar-refractivity contribution in [3.63, 3.8) is 0 Å². The Kier molecular flexibility index (Phi) is 6.96. The molecule has 0 saturated heterocycles. The number of furan rings is 1. The summed E-state index contributed by atoms with van der Waals surface area (Å²) in [7, 11) is -3.70. The summed E-state index contributed by atoms with van der Waals surface area (Å²) < 4.78 is 37.2. The first-order chi connectivity index (χ1) is 14.8. The Labute approximate surface area is 178 Å². The third-order valence-electron chi connectivity index (χ3n) is 4.15. The Hall–Kier alpha value is -3.76. The lowest BCUT2D eigenvalue weighted by molar-refractivity contribution is -0.384. The van der Waals surface area contributed by atoms with Crippen LogP contribution < -0.4 is 4.72 Å². The molecule has 1 heterocycles. The number of nitrogens with one attached hydrogen (secondary N) is 1. The van der Waals surface area contributed by atoms with E-state index in [9.17, 15) is 23.3 Å². The van der Waals surface area contributed by atoms with Crippen LogP contribution in [0.1, 0.15) is 16.9 Å². The van der Waals surface area contributed by atoms with E-state index in [2.05, 4.69) is 4.72 Å². The van der Waals surface area contributed by atoms with Crippen LogP contribution in [0, 0.1) is 10.1 Å². The monoisotopic (exact) mass is 442 g/mol. The number of benzene rings is 2. The summed E-state index contributed by atoms with van der Waals surface area (Å²) in [6, 6.07) is 15.0. The topological polar surface area (TPSA) is 129 Å². The maximum Gasteiger partial charge on any atom is 0.331 e. The van der Waals surface area contributed by atoms with E-state index in [-0.39, 0.29) is 23.7 Å². The molecule has 2 aromatic carbocycles. The van der Waals surface area contributed by atoms with Crippen molar-refractivity contribution in [3.8, 4) is 0 Å². The van der Waals surface area contributed by atoms with E-state index >= 15 is 0 Å². The average molecular weight is 442 g/mol. The number of nitro benzene ring substituents is 1. The van der Waals surface area contributed by atoms with E-state index in [0.29, 0.717) is 16.9 Å². The van der Waals surface area contributed by atoms with Gasteiger partial charge in [0.05, 0.1) is 22.6 Å². The summed E-state index contributed by atoms with van der Waals surface area (Å²) in [5.74, 6) is -0.106. The molecule has 3 aromatic rings. The lowest BCUT2D eigenvalue weighted by Crippen LogP contribution is -2.22. The number of non-ortho nitro benzene ring substituents is 1. The number of hydrogen-bond donors (Lipinski definition) is 1. The molecule has 0 unspecified atom stereocenters. The molecule has 0 saturated carbocycles. The fraction of sp³-hybridized carbons (Fsp3) is 0.0952. The number of sulfonamides is 1. The van der Waals surface area contributed by atoms with Crippen LogP contribution in [-0.4, -0.2) is 19.3 Å². The highest BCUT2D eigenvalue weighted by atomic mass is 32.2. The summed E-state index contributed by atoms with van der Waals surface area (Å²) in [6.45, 7) is 0.0112. The van der Waals surface area contributed by atoms with Gasteiger partial charge in [-0.1, -0.05) is 12.1 Å². The largest absolute Gasteiger partial charge is 0.468 e. The number of esters is 1. The summed E-state index contributed by atoms with van der Waals surface area (Å²) in [6.07, 6.45) is 4.16. The Morgan fingerprint density at radius 1 is 1.10 bits per heavy atom. The standard InChI is InChI=1S/C21H18N2O7S/c24-21(30-15-17-3-8-18(9-4-17)23(25)26)12-7-16-5-10-20(11-6-16)31(27,28)22-14-19-2-1-13-29-19/h1-13,22H,14-15H2/b12-7+. The van der Waals surface area contributed by atoms with E-state index in [1.54, 1.807) is 24.3 Å². The fourth-order valence-electron chi connectivity index (χ4n) is 2.50. The van der Waals surface area contributed by atoms with Crippen LogP contribution in [0.25, 0.3) is 6.08 Å². The Balaban J connectivity index is 1.52. The molecular formula is C21H18N2O7S. The first-order valence-corrected chi connectivity index (χ1v) is 10.5. The number of carbonyl (C=O) groups excluding carboxylic acids is 1. The third-order valence-corrected chi connectivity index (χ3v) is 5.56. The summed E-state index contributed by atoms with van der Waals surface area (Å²) in [4.78, 5) is 22.1. The van der Waals surface area contributed by atoms with Crippen LogP contribution in [-0.2, 0) is 32.7 Å². The van der Waals surface area contributed by atoms with Crippen molar-refractivity contribution in [1.29, 1.82) is 0 Å². The second kappa shape index (κ2) is 9.83. The van der Waals surface area contributed by atoms with Gasteiger partial charge < -0.3 is 9.15 Å². The van der Waals surface area contributed by atoms with E-state index in [1.807, 2.05) is 0 Å². The molecule has 3 rings (SSSR count). The quantitative estimate of drug-likeness (QED) is 0.233. The number of nitrogens with zero attached hydrogens (tertiary/aromatic N) is 1. The fourth-order valence-corrected chi connectivity index (χ4v) is 3.49. The second-order valence-corrected chi connectivity index (χ2v) is 8.10. The van der Waals surface area contributed by atoms with Gasteiger partial charge in [0, 0.05) is 18.2 Å². The van der Waals surface area contributed by atoms with E-state index < -0.39 is 20.9 Å². The number of carbonyl (C=O) groups is 1. The zero-order valence-electron chi connectivity index (χ0n) is 16.1. The lowest BCUT2D eigenvalue weighted by atomic mass is 10.2. The zero-order chi connectivity index (χ0) is 22.3. The minimum Gasteiger partial charge on any atom is -0.468 e. The Morgan fingerprint density at radius 3 is 2.42 bits per heavy atom. The molecule has 0 radical (unpaired) electrons. The van der Waals surface area contributed by atoms with Crippen molar-refractivity contribution in [2.24, 2.45) is 0 Å². The zero-order valence-corrected chi connectivity index (χ0v) is 16.9. The molecule has 0 aliphatic heterocycles. The molecule has 0 fully saturated rings. The Morgan fingerprint density at radius 2 is 1.81 bits per heavy atom. The van der Waals surface area contributed by atoms with Gasteiger partial charge in [0.25, 0.3) is 5.69 Å². The summed E-state index contributed by atoms with van der Waals surface area (Å²) in [5.41, 5.74) is 1.18. The second-order valence-electron chi connectivity index (χ2n) is 6.34. The van der Waals surface area contributed by atoms with Crippen molar-refractivity contribution in [3.05, 3.63) is 100 Å². The predicted octanol–water partition coefficient (Wildman–Crippen LogP) is 3.42. The van der Waals surface area contributed by atoms with Crippen LogP contribution in [0.5, 0.6) is 0 Å².